The topological polar surface area (TPSA) is 64.6 Å². The highest BCUT2D eigenvalue weighted by molar-refractivity contribution is 7.18. The molecular weight excluding hydrogens is 290 g/mol. The van der Waals surface area contributed by atoms with E-state index in [0.29, 0.717) is 46.7 Å². The van der Waals surface area contributed by atoms with Crippen LogP contribution in [0, 0.1) is 12.8 Å². The van der Waals surface area contributed by atoms with Gasteiger partial charge in [-0.05, 0) is 32.3 Å². The van der Waals surface area contributed by atoms with Crippen LogP contribution in [0.2, 0.25) is 0 Å². The number of nitrogens with one attached hydrogen (secondary N) is 1. The molecule has 0 aliphatic rings. The fourth-order valence-electron chi connectivity index (χ4n) is 1.78. The molecule has 0 radical (unpaired) electrons. The van der Waals surface area contributed by atoms with Crippen molar-refractivity contribution in [1.82, 2.24) is 0 Å². The van der Waals surface area contributed by atoms with Crippen molar-refractivity contribution in [2.24, 2.45) is 5.92 Å². The highest BCUT2D eigenvalue weighted by Gasteiger charge is 2.26. The van der Waals surface area contributed by atoms with Gasteiger partial charge in [-0.2, -0.15) is 0 Å². The summed E-state index contributed by atoms with van der Waals surface area (Å²) < 4.78 is 10.1. The Hall–Kier alpha value is -1.56. The Balaban J connectivity index is 3.16. The summed E-state index contributed by atoms with van der Waals surface area (Å²) in [7, 11) is 0. The molecule has 0 unspecified atom stereocenters. The van der Waals surface area contributed by atoms with Gasteiger partial charge in [-0.3, -0.25) is 0 Å². The maximum absolute atomic E-state index is 12.1. The number of ether oxygens (including phenoxy) is 2. The smallest absolute Gasteiger partial charge is 0.348 e. The Morgan fingerprint density at radius 2 is 1.71 bits per heavy atom. The normalized spacial score (nSPS) is 10.6. The molecule has 1 aromatic heterocycles. The van der Waals surface area contributed by atoms with Crippen molar-refractivity contribution in [3.05, 3.63) is 16.0 Å². The summed E-state index contributed by atoms with van der Waals surface area (Å²) in [6.07, 6.45) is 0. The fraction of sp³-hybridized carbons (Fsp3) is 0.600. The van der Waals surface area contributed by atoms with Gasteiger partial charge < -0.3 is 14.8 Å². The largest absolute Gasteiger partial charge is 0.462 e. The van der Waals surface area contributed by atoms with E-state index in [-0.39, 0.29) is 0 Å². The summed E-state index contributed by atoms with van der Waals surface area (Å²) in [5.41, 5.74) is 1.05. The second-order valence-corrected chi connectivity index (χ2v) is 6.00. The lowest BCUT2D eigenvalue weighted by atomic mass is 10.1. The molecule has 0 saturated carbocycles. The van der Waals surface area contributed by atoms with Gasteiger partial charge in [0, 0.05) is 6.54 Å². The molecule has 21 heavy (non-hydrogen) atoms. The predicted molar refractivity (Wildman–Crippen MR) is 84.3 cm³/mol. The summed E-state index contributed by atoms with van der Waals surface area (Å²) in [6.45, 7) is 10.7. The first-order valence-electron chi connectivity index (χ1n) is 7.13. The first kappa shape index (κ1) is 17.5. The lowest BCUT2D eigenvalue weighted by Gasteiger charge is -2.09. The van der Waals surface area contributed by atoms with Crippen LogP contribution < -0.4 is 5.32 Å². The van der Waals surface area contributed by atoms with Crippen LogP contribution in [0.15, 0.2) is 0 Å². The van der Waals surface area contributed by atoms with Gasteiger partial charge in [-0.1, -0.05) is 13.8 Å². The summed E-state index contributed by atoms with van der Waals surface area (Å²) >= 11 is 1.24. The van der Waals surface area contributed by atoms with Crippen LogP contribution in [0.4, 0.5) is 5.00 Å². The molecule has 1 heterocycles. The third-order valence-corrected chi connectivity index (χ3v) is 3.99. The van der Waals surface area contributed by atoms with Gasteiger partial charge in [-0.15, -0.1) is 11.3 Å². The molecule has 1 N–H and O–H groups in total. The third-order valence-electron chi connectivity index (χ3n) is 2.76. The van der Waals surface area contributed by atoms with Crippen LogP contribution in [0.5, 0.6) is 0 Å². The Labute approximate surface area is 129 Å². The fourth-order valence-corrected chi connectivity index (χ4v) is 2.87. The van der Waals surface area contributed by atoms with Gasteiger partial charge in [0.05, 0.1) is 18.8 Å². The van der Waals surface area contributed by atoms with Gasteiger partial charge in [0.1, 0.15) is 9.88 Å². The van der Waals surface area contributed by atoms with Crippen LogP contribution in [0.1, 0.15) is 53.3 Å². The first-order chi connectivity index (χ1) is 9.92. The SMILES string of the molecule is CCOC(=O)c1sc(NCC(C)C)c(C(=O)OCC)c1C. The second kappa shape index (κ2) is 8.02. The zero-order valence-corrected chi connectivity index (χ0v) is 14.1. The van der Waals surface area contributed by atoms with Crippen LogP contribution in [-0.4, -0.2) is 31.7 Å². The number of carbonyl (C=O) groups is 2. The number of hydrogen-bond acceptors (Lipinski definition) is 6. The van der Waals surface area contributed by atoms with Crippen LogP contribution in [-0.2, 0) is 9.47 Å². The molecule has 1 rings (SSSR count). The van der Waals surface area contributed by atoms with E-state index in [1.807, 2.05) is 0 Å². The molecule has 0 bridgehead atoms. The van der Waals surface area contributed by atoms with E-state index < -0.39 is 11.9 Å². The molecule has 0 fully saturated rings. The first-order valence-corrected chi connectivity index (χ1v) is 7.95. The van der Waals surface area contributed by atoms with Crippen molar-refractivity contribution in [2.45, 2.75) is 34.6 Å². The minimum absolute atomic E-state index is 0.298. The highest BCUT2D eigenvalue weighted by atomic mass is 32.1. The maximum atomic E-state index is 12.1. The molecule has 0 aliphatic carbocycles. The van der Waals surface area contributed by atoms with Crippen molar-refractivity contribution in [3.8, 4) is 0 Å². The minimum Gasteiger partial charge on any atom is -0.462 e. The zero-order chi connectivity index (χ0) is 16.0. The zero-order valence-electron chi connectivity index (χ0n) is 13.2. The van der Waals surface area contributed by atoms with Gasteiger partial charge in [-0.25, -0.2) is 9.59 Å². The van der Waals surface area contributed by atoms with Crippen molar-refractivity contribution < 1.29 is 19.1 Å². The summed E-state index contributed by atoms with van der Waals surface area (Å²) in [5, 5.41) is 3.89. The Kier molecular flexibility index (Phi) is 6.68. The van der Waals surface area contributed by atoms with Gasteiger partial charge in [0.2, 0.25) is 0 Å². The minimum atomic E-state index is -0.409. The molecule has 1 aromatic rings. The lowest BCUT2D eigenvalue weighted by Crippen LogP contribution is -2.12. The molecule has 0 atom stereocenters. The summed E-state index contributed by atoms with van der Waals surface area (Å²) in [6, 6.07) is 0. The van der Waals surface area contributed by atoms with E-state index >= 15 is 0 Å². The molecule has 0 amide bonds. The Bertz CT molecular complexity index is 508. The van der Waals surface area contributed by atoms with Crippen molar-refractivity contribution in [2.75, 3.05) is 25.1 Å². The standard InChI is InChI=1S/C15H23NO4S/c1-6-19-14(17)11-10(5)12(15(18)20-7-2)21-13(11)16-8-9(3)4/h9,16H,6-8H2,1-5H3. The maximum Gasteiger partial charge on any atom is 0.348 e. The van der Waals surface area contributed by atoms with Gasteiger partial charge >= 0.3 is 11.9 Å². The molecule has 6 heteroatoms. The second-order valence-electron chi connectivity index (χ2n) is 4.98. The van der Waals surface area contributed by atoms with E-state index in [1.54, 1.807) is 20.8 Å². The highest BCUT2D eigenvalue weighted by Crippen LogP contribution is 2.34. The summed E-state index contributed by atoms with van der Waals surface area (Å²) in [4.78, 5) is 24.5. The third kappa shape index (κ3) is 4.46. The van der Waals surface area contributed by atoms with E-state index in [1.165, 1.54) is 11.3 Å². The molecular formula is C15H23NO4S. The molecule has 118 valence electrons. The number of esters is 2. The summed E-state index contributed by atoms with van der Waals surface area (Å²) in [5.74, 6) is -0.385. The molecule has 5 nitrogen and oxygen atoms in total. The monoisotopic (exact) mass is 313 g/mol. The quantitative estimate of drug-likeness (QED) is 0.781. The number of hydrogen-bond donors (Lipinski definition) is 1. The molecule has 0 saturated heterocycles. The van der Waals surface area contributed by atoms with Crippen LogP contribution in [0.3, 0.4) is 0 Å². The van der Waals surface area contributed by atoms with E-state index in [4.69, 9.17) is 9.47 Å². The van der Waals surface area contributed by atoms with Crippen molar-refractivity contribution in [1.29, 1.82) is 0 Å². The predicted octanol–water partition coefficient (Wildman–Crippen LogP) is 3.48. The lowest BCUT2D eigenvalue weighted by molar-refractivity contribution is 0.0527. The molecule has 0 aromatic carbocycles. The molecule has 0 aliphatic heterocycles. The van der Waals surface area contributed by atoms with Crippen LogP contribution >= 0.6 is 11.3 Å². The van der Waals surface area contributed by atoms with Gasteiger partial charge in [0.25, 0.3) is 0 Å². The Morgan fingerprint density at radius 3 is 2.24 bits per heavy atom. The Morgan fingerprint density at radius 1 is 1.14 bits per heavy atom. The van der Waals surface area contributed by atoms with Crippen molar-refractivity contribution >= 4 is 28.3 Å². The average Bonchev–Trinajstić information content (AvgIpc) is 2.74. The number of anilines is 1. The number of rotatable bonds is 7. The van der Waals surface area contributed by atoms with Crippen molar-refractivity contribution in [3.63, 3.8) is 0 Å². The van der Waals surface area contributed by atoms with E-state index in [0.717, 1.165) is 0 Å². The van der Waals surface area contributed by atoms with E-state index in [2.05, 4.69) is 19.2 Å². The molecule has 0 spiro atoms. The number of thiophene rings is 1. The van der Waals surface area contributed by atoms with Gasteiger partial charge in [0.15, 0.2) is 0 Å². The average molecular weight is 313 g/mol. The van der Waals surface area contributed by atoms with E-state index in [9.17, 15) is 9.59 Å². The number of carbonyl (C=O) groups excluding carboxylic acids is 2. The van der Waals surface area contributed by atoms with Crippen LogP contribution in [0.25, 0.3) is 0 Å².